The molecular weight excluding hydrogens is 424 g/mol. The second-order valence-corrected chi connectivity index (χ2v) is 9.26. The minimum atomic E-state index is -0.519. The van der Waals surface area contributed by atoms with Crippen LogP contribution in [0.2, 0.25) is 0 Å². The number of ether oxygens (including phenoxy) is 1. The molecule has 5 heteroatoms. The number of dihydropyridines is 1. The second kappa shape index (κ2) is 7.87. The normalized spacial score (nSPS) is 17.0. The maximum atomic E-state index is 13.7. The topological polar surface area (TPSA) is 60.3 Å². The Morgan fingerprint density at radius 2 is 1.59 bits per heavy atom. The lowest BCUT2D eigenvalue weighted by Crippen LogP contribution is -2.29. The van der Waals surface area contributed by atoms with Crippen LogP contribution in [0, 0.1) is 27.7 Å². The Balaban J connectivity index is 1.76. The summed E-state index contributed by atoms with van der Waals surface area (Å²) >= 11 is 0. The van der Waals surface area contributed by atoms with Crippen molar-refractivity contribution in [3.63, 3.8) is 0 Å². The van der Waals surface area contributed by atoms with Crippen molar-refractivity contribution in [2.24, 2.45) is 0 Å². The van der Waals surface area contributed by atoms with E-state index in [0.717, 1.165) is 33.9 Å². The fourth-order valence-electron chi connectivity index (χ4n) is 5.58. The van der Waals surface area contributed by atoms with Crippen molar-refractivity contribution in [2.45, 2.75) is 40.5 Å². The van der Waals surface area contributed by atoms with Crippen LogP contribution in [0.3, 0.4) is 0 Å². The molecule has 1 aliphatic carbocycles. The predicted octanol–water partition coefficient (Wildman–Crippen LogP) is 5.45. The number of ketones is 1. The number of benzene rings is 2. The van der Waals surface area contributed by atoms with Gasteiger partial charge in [0.15, 0.2) is 5.78 Å². The summed E-state index contributed by atoms with van der Waals surface area (Å²) in [6.07, 6.45) is 0. The number of fused-ring (bicyclic) bond motifs is 2. The zero-order valence-electron chi connectivity index (χ0n) is 20.4. The largest absolute Gasteiger partial charge is 0.466 e. The van der Waals surface area contributed by atoms with E-state index in [1.165, 1.54) is 18.2 Å². The van der Waals surface area contributed by atoms with Gasteiger partial charge in [0.05, 0.1) is 24.3 Å². The average molecular weight is 453 g/mol. The lowest BCUT2D eigenvalue weighted by molar-refractivity contribution is -0.136. The third-order valence-corrected chi connectivity index (χ3v) is 6.90. The van der Waals surface area contributed by atoms with Gasteiger partial charge in [-0.15, -0.1) is 0 Å². The second-order valence-electron chi connectivity index (χ2n) is 9.26. The molecule has 34 heavy (non-hydrogen) atoms. The maximum Gasteiger partial charge on any atom is 0.336 e. The number of carbonyl (C=O) groups excluding carboxylic acids is 2. The van der Waals surface area contributed by atoms with Crippen LogP contribution in [0.5, 0.6) is 0 Å². The number of Topliss-reactive ketones (excluding diaryl/α,β-unsaturated/α-hetero) is 1. The van der Waals surface area contributed by atoms with Gasteiger partial charge in [0, 0.05) is 39.5 Å². The third kappa shape index (κ3) is 3.15. The van der Waals surface area contributed by atoms with E-state index in [2.05, 4.69) is 61.8 Å². The molecule has 0 saturated heterocycles. The number of nitrogens with zero attached hydrogens (tertiary/aromatic N) is 1. The number of rotatable bonds is 3. The number of allylic oxidation sites excluding steroid dienone is 2. The number of carbonyl (C=O) groups is 2. The fraction of sp³-hybridized carbons (Fsp3) is 0.241. The minimum absolute atomic E-state index is 0.0480. The van der Waals surface area contributed by atoms with E-state index in [-0.39, 0.29) is 5.78 Å². The van der Waals surface area contributed by atoms with Gasteiger partial charge < -0.3 is 14.6 Å². The van der Waals surface area contributed by atoms with E-state index in [1.54, 1.807) is 0 Å². The first-order valence-corrected chi connectivity index (χ1v) is 11.4. The molecule has 2 aromatic carbocycles. The first kappa shape index (κ1) is 22.0. The highest BCUT2D eigenvalue weighted by molar-refractivity contribution is 6.23. The Morgan fingerprint density at radius 1 is 0.941 bits per heavy atom. The van der Waals surface area contributed by atoms with Gasteiger partial charge in [-0.1, -0.05) is 30.3 Å². The maximum absolute atomic E-state index is 13.7. The van der Waals surface area contributed by atoms with E-state index < -0.39 is 11.9 Å². The van der Waals surface area contributed by atoms with E-state index in [9.17, 15) is 9.59 Å². The SMILES string of the molecule is COC(=O)C1=C(C)NC2=C(C(=O)c3ccccc32)[C@@H]1c1cc(C)n(-c2cc(C)cc(C)c2)c1C. The van der Waals surface area contributed by atoms with E-state index in [4.69, 9.17) is 4.74 Å². The lowest BCUT2D eigenvalue weighted by atomic mass is 9.79. The molecule has 0 fully saturated rings. The summed E-state index contributed by atoms with van der Waals surface area (Å²) in [4.78, 5) is 26.7. The minimum Gasteiger partial charge on any atom is -0.466 e. The molecule has 5 rings (SSSR count). The van der Waals surface area contributed by atoms with E-state index in [1.807, 2.05) is 31.2 Å². The van der Waals surface area contributed by atoms with Crippen molar-refractivity contribution in [1.82, 2.24) is 9.88 Å². The van der Waals surface area contributed by atoms with E-state index >= 15 is 0 Å². The molecule has 0 amide bonds. The Morgan fingerprint density at radius 3 is 2.24 bits per heavy atom. The number of esters is 1. The lowest BCUT2D eigenvalue weighted by Gasteiger charge is -2.29. The van der Waals surface area contributed by atoms with Gasteiger partial charge in [-0.25, -0.2) is 4.79 Å². The first-order chi connectivity index (χ1) is 16.2. The Hall–Kier alpha value is -3.86. The molecule has 3 aromatic rings. The quantitative estimate of drug-likeness (QED) is 0.537. The fourth-order valence-corrected chi connectivity index (χ4v) is 5.58. The zero-order valence-corrected chi connectivity index (χ0v) is 20.4. The van der Waals surface area contributed by atoms with Gasteiger partial charge in [-0.2, -0.15) is 0 Å². The summed E-state index contributed by atoms with van der Waals surface area (Å²) in [7, 11) is 1.38. The van der Waals surface area contributed by atoms with Crippen molar-refractivity contribution in [2.75, 3.05) is 7.11 Å². The molecule has 2 aliphatic rings. The summed E-state index contributed by atoms with van der Waals surface area (Å²) in [5, 5.41) is 3.35. The highest BCUT2D eigenvalue weighted by atomic mass is 16.5. The molecule has 0 saturated carbocycles. The third-order valence-electron chi connectivity index (χ3n) is 6.90. The number of aryl methyl sites for hydroxylation is 3. The van der Waals surface area contributed by atoms with Crippen LogP contribution in [0.25, 0.3) is 11.4 Å². The van der Waals surface area contributed by atoms with E-state index in [0.29, 0.717) is 22.4 Å². The summed E-state index contributed by atoms with van der Waals surface area (Å²) in [5.41, 5.74) is 10.5. The van der Waals surface area contributed by atoms with Gasteiger partial charge in [-0.3, -0.25) is 4.79 Å². The summed E-state index contributed by atoms with van der Waals surface area (Å²) in [5.74, 6) is -0.996. The predicted molar refractivity (Wildman–Crippen MR) is 133 cm³/mol. The van der Waals surface area contributed by atoms with Crippen LogP contribution >= 0.6 is 0 Å². The molecule has 1 aromatic heterocycles. The van der Waals surface area contributed by atoms with Crippen LogP contribution in [0.1, 0.15) is 56.8 Å². The van der Waals surface area contributed by atoms with Crippen LogP contribution in [-0.2, 0) is 9.53 Å². The van der Waals surface area contributed by atoms with Crippen LogP contribution in [-0.4, -0.2) is 23.4 Å². The van der Waals surface area contributed by atoms with Gasteiger partial charge in [0.2, 0.25) is 0 Å². The number of methoxy groups -OCH3 is 1. The van der Waals surface area contributed by atoms with Crippen molar-refractivity contribution >= 4 is 17.4 Å². The molecule has 1 atom stereocenters. The standard InChI is InChI=1S/C29H28N2O3/c1-15-11-16(2)13-20(12-15)31-17(3)14-23(19(31)5)25-24(29(33)34-6)18(4)30-27-21-9-7-8-10-22(21)28(32)26(25)27/h7-14,25,30H,1-6H3/t25-/m1/s1. The number of hydrogen-bond acceptors (Lipinski definition) is 4. The molecule has 2 heterocycles. The molecule has 0 spiro atoms. The monoisotopic (exact) mass is 452 g/mol. The van der Waals surface area contributed by atoms with Gasteiger partial charge >= 0.3 is 5.97 Å². The smallest absolute Gasteiger partial charge is 0.336 e. The van der Waals surface area contributed by atoms with Gasteiger partial charge in [-0.05, 0) is 69.5 Å². The summed E-state index contributed by atoms with van der Waals surface area (Å²) in [6.45, 7) is 10.2. The average Bonchev–Trinajstić information content (AvgIpc) is 3.24. The molecule has 5 nitrogen and oxygen atoms in total. The Kier molecular flexibility index (Phi) is 5.08. The van der Waals surface area contributed by atoms with Crippen LogP contribution in [0.15, 0.2) is 65.4 Å². The number of nitrogens with one attached hydrogen (secondary N) is 1. The number of aromatic nitrogens is 1. The highest BCUT2D eigenvalue weighted by Gasteiger charge is 2.43. The molecule has 1 N–H and O–H groups in total. The highest BCUT2D eigenvalue weighted by Crippen LogP contribution is 2.48. The van der Waals surface area contributed by atoms with Gasteiger partial charge in [0.25, 0.3) is 0 Å². The molecule has 172 valence electrons. The van der Waals surface area contributed by atoms with Crippen LogP contribution in [0.4, 0.5) is 0 Å². The Labute approximate surface area is 199 Å². The summed E-state index contributed by atoms with van der Waals surface area (Å²) < 4.78 is 7.39. The molecule has 0 bridgehead atoms. The zero-order chi connectivity index (χ0) is 24.3. The molecule has 0 unspecified atom stereocenters. The Bertz CT molecular complexity index is 1430. The van der Waals surface area contributed by atoms with Crippen LogP contribution < -0.4 is 5.32 Å². The van der Waals surface area contributed by atoms with Gasteiger partial charge in [0.1, 0.15) is 0 Å². The van der Waals surface area contributed by atoms with Crippen molar-refractivity contribution in [3.8, 4) is 5.69 Å². The summed E-state index contributed by atoms with van der Waals surface area (Å²) in [6, 6.07) is 16.2. The molecular formula is C29H28N2O3. The number of hydrogen-bond donors (Lipinski definition) is 1. The van der Waals surface area contributed by atoms with Crippen molar-refractivity contribution < 1.29 is 14.3 Å². The van der Waals surface area contributed by atoms with Crippen molar-refractivity contribution in [1.29, 1.82) is 0 Å². The molecule has 1 aliphatic heterocycles. The molecule has 0 radical (unpaired) electrons. The van der Waals surface area contributed by atoms with Crippen molar-refractivity contribution in [3.05, 3.63) is 105 Å². The first-order valence-electron chi connectivity index (χ1n) is 11.4.